The largest absolute Gasteiger partial charge is 0.508 e. The number of methoxy groups -OCH3 is 1. The summed E-state index contributed by atoms with van der Waals surface area (Å²) in [6, 6.07) is 8.06. The number of rotatable bonds is 28. The van der Waals surface area contributed by atoms with Crippen LogP contribution in [-0.2, 0) is 60.7 Å². The van der Waals surface area contributed by atoms with E-state index in [1.54, 1.807) is 65.9 Å². The lowest BCUT2D eigenvalue weighted by Crippen LogP contribution is -2.62. The molecule has 1 aliphatic heterocycles. The Labute approximate surface area is 438 Å². The molecule has 0 saturated carbocycles. The standard InChI is InChI=1S/C55H84N8O11/c1-13-36(8)47(59-50(68)42(31-33(2)3)60(9)45(66)23-17-21-37-24-26-39(64)27-25-37)54(72)62(11)48(35(6)7)51(69)57-40(28-29-44(56)65)49(67)58-46(34(4)5)53(71)61(10)43(32-38-19-15-14-16-20-38)52(70)63-30-18-22-41(63)55(73)74-12/h14-16,19-20,24-27,33-36,40-43,46-48,64H,13,17-18,21-23,28-32H2,1-12H3,(H2,56,65)(H,57,69)(H,58,67)(H,59,68)/t36-,40-,41-,42+,43+,46-,47+,48+/m0/s1. The zero-order valence-corrected chi connectivity index (χ0v) is 45.7. The highest BCUT2D eigenvalue weighted by molar-refractivity contribution is 5.98. The van der Waals surface area contributed by atoms with E-state index in [1.807, 2.05) is 51.1 Å². The van der Waals surface area contributed by atoms with Crippen molar-refractivity contribution in [1.82, 2.24) is 35.6 Å². The average Bonchev–Trinajstić information content (AvgIpc) is 3.86. The summed E-state index contributed by atoms with van der Waals surface area (Å²) in [5, 5.41) is 18.1. The van der Waals surface area contributed by atoms with Crippen molar-refractivity contribution in [2.24, 2.45) is 29.4 Å². The Bertz CT molecular complexity index is 2220. The Hall–Kier alpha value is -6.53. The molecule has 8 amide bonds. The topological polar surface area (TPSA) is 258 Å². The molecule has 3 rings (SSSR count). The number of nitrogens with two attached hydrogens (primary N) is 1. The summed E-state index contributed by atoms with van der Waals surface area (Å²) in [5.74, 6) is -6.63. The molecule has 8 atom stereocenters. The van der Waals surface area contributed by atoms with E-state index in [-0.39, 0.29) is 49.8 Å². The van der Waals surface area contributed by atoms with Crippen LogP contribution >= 0.6 is 0 Å². The lowest BCUT2D eigenvalue weighted by Gasteiger charge is -2.37. The van der Waals surface area contributed by atoms with Crippen LogP contribution in [-0.4, -0.2) is 155 Å². The number of carbonyl (C=O) groups excluding carboxylic acids is 9. The van der Waals surface area contributed by atoms with Gasteiger partial charge in [0.15, 0.2) is 0 Å². The molecule has 1 heterocycles. The normalized spacial score (nSPS) is 16.3. The molecule has 0 bridgehead atoms. The van der Waals surface area contributed by atoms with Crippen LogP contribution in [0.25, 0.3) is 0 Å². The molecule has 2 aromatic carbocycles. The third-order valence-electron chi connectivity index (χ3n) is 14.0. The van der Waals surface area contributed by atoms with Crippen LogP contribution in [0.15, 0.2) is 54.6 Å². The molecule has 0 aromatic heterocycles. The highest BCUT2D eigenvalue weighted by Gasteiger charge is 2.43. The number of phenols is 1. The van der Waals surface area contributed by atoms with Gasteiger partial charge in [-0.25, -0.2) is 4.79 Å². The lowest BCUT2D eigenvalue weighted by molar-refractivity contribution is -0.154. The Morgan fingerprint density at radius 2 is 1.34 bits per heavy atom. The average molecular weight is 1030 g/mol. The van der Waals surface area contributed by atoms with Gasteiger partial charge in [0, 0.05) is 47.0 Å². The molecule has 0 spiro atoms. The van der Waals surface area contributed by atoms with Crippen LogP contribution in [0.1, 0.15) is 118 Å². The van der Waals surface area contributed by atoms with E-state index in [9.17, 15) is 48.3 Å². The second-order valence-corrected chi connectivity index (χ2v) is 20.8. The van der Waals surface area contributed by atoms with E-state index in [0.29, 0.717) is 38.5 Å². The van der Waals surface area contributed by atoms with E-state index in [2.05, 4.69) is 16.0 Å². The smallest absolute Gasteiger partial charge is 0.328 e. The van der Waals surface area contributed by atoms with Crippen LogP contribution in [0.3, 0.4) is 0 Å². The van der Waals surface area contributed by atoms with E-state index in [4.69, 9.17) is 10.5 Å². The van der Waals surface area contributed by atoms with Gasteiger partial charge in [-0.2, -0.15) is 0 Å². The quantitative estimate of drug-likeness (QED) is 0.0768. The summed E-state index contributed by atoms with van der Waals surface area (Å²) >= 11 is 0. The number of hydrogen-bond donors (Lipinski definition) is 5. The molecule has 0 radical (unpaired) electrons. The number of nitrogens with zero attached hydrogens (tertiary/aromatic N) is 4. The van der Waals surface area contributed by atoms with Crippen LogP contribution < -0.4 is 21.7 Å². The van der Waals surface area contributed by atoms with Gasteiger partial charge in [-0.1, -0.05) is 104 Å². The number of likely N-dealkylation sites (tertiary alicyclic amines) is 1. The van der Waals surface area contributed by atoms with E-state index in [1.165, 1.54) is 40.8 Å². The third kappa shape index (κ3) is 17.6. The predicted octanol–water partition coefficient (Wildman–Crippen LogP) is 3.73. The first kappa shape index (κ1) is 61.8. The van der Waals surface area contributed by atoms with Crippen molar-refractivity contribution in [3.8, 4) is 5.75 Å². The van der Waals surface area contributed by atoms with Crippen LogP contribution in [0.4, 0.5) is 0 Å². The molecule has 1 aliphatic rings. The van der Waals surface area contributed by atoms with Gasteiger partial charge in [0.05, 0.1) is 7.11 Å². The summed E-state index contributed by atoms with van der Waals surface area (Å²) in [4.78, 5) is 130. The van der Waals surface area contributed by atoms with Crippen LogP contribution in [0.2, 0.25) is 0 Å². The lowest BCUT2D eigenvalue weighted by atomic mass is 9.94. The van der Waals surface area contributed by atoms with Gasteiger partial charge in [-0.05, 0) is 85.5 Å². The van der Waals surface area contributed by atoms with Gasteiger partial charge in [0.2, 0.25) is 47.3 Å². The number of carbonyl (C=O) groups is 9. The van der Waals surface area contributed by atoms with Crippen molar-refractivity contribution in [1.29, 1.82) is 0 Å². The van der Waals surface area contributed by atoms with Gasteiger partial charge < -0.3 is 51.1 Å². The number of primary amides is 1. The number of likely N-dealkylation sites (N-methyl/N-ethyl adjacent to an activating group) is 3. The number of nitrogens with one attached hydrogen (secondary N) is 3. The molecule has 0 unspecified atom stereocenters. The van der Waals surface area contributed by atoms with Crippen LogP contribution in [0.5, 0.6) is 5.75 Å². The van der Waals surface area contributed by atoms with Crippen molar-refractivity contribution < 1.29 is 53.0 Å². The maximum absolute atomic E-state index is 14.6. The number of phenolic OH excluding ortho intramolecular Hbond substituents is 1. The van der Waals surface area contributed by atoms with Crippen molar-refractivity contribution in [3.63, 3.8) is 0 Å². The second-order valence-electron chi connectivity index (χ2n) is 20.8. The van der Waals surface area contributed by atoms with Gasteiger partial charge >= 0.3 is 5.97 Å². The SMILES string of the molecule is CC[C@H](C)[C@@H](NC(=O)[C@@H](CC(C)C)N(C)C(=O)CCCc1ccc(O)cc1)C(=O)N(C)[C@@H](C(=O)N[C@@H](CCC(N)=O)C(=O)N[C@H](C(=O)N(C)[C@H](Cc1ccccc1)C(=O)N1CCC[C@H]1C(=O)OC)C(C)C)C(C)C. The molecular weight excluding hydrogens is 949 g/mol. The summed E-state index contributed by atoms with van der Waals surface area (Å²) in [5.41, 5.74) is 7.25. The molecule has 0 aliphatic carbocycles. The summed E-state index contributed by atoms with van der Waals surface area (Å²) < 4.78 is 4.99. The number of aryl methyl sites for hydroxylation is 1. The molecule has 1 saturated heterocycles. The Balaban J connectivity index is 1.88. The van der Waals surface area contributed by atoms with Gasteiger partial charge in [0.1, 0.15) is 48.0 Å². The number of esters is 1. The fraction of sp³-hybridized carbons (Fsp3) is 0.618. The molecule has 19 heteroatoms. The van der Waals surface area contributed by atoms with Crippen LogP contribution in [0, 0.1) is 23.7 Å². The van der Waals surface area contributed by atoms with Gasteiger partial charge in [-0.15, -0.1) is 0 Å². The molecule has 6 N–H and O–H groups in total. The molecule has 19 nitrogen and oxygen atoms in total. The van der Waals surface area contributed by atoms with Gasteiger partial charge in [-0.3, -0.25) is 38.4 Å². The molecule has 1 fully saturated rings. The summed E-state index contributed by atoms with van der Waals surface area (Å²) in [6.45, 7) is 14.7. The minimum atomic E-state index is -1.41. The first-order valence-electron chi connectivity index (χ1n) is 26.0. The molecular formula is C55H84N8O11. The monoisotopic (exact) mass is 1030 g/mol. The molecule has 2 aromatic rings. The van der Waals surface area contributed by atoms with E-state index in [0.717, 1.165) is 11.1 Å². The summed E-state index contributed by atoms with van der Waals surface area (Å²) in [6.07, 6.45) is 2.55. The second kappa shape index (κ2) is 29.4. The predicted molar refractivity (Wildman–Crippen MR) is 280 cm³/mol. The van der Waals surface area contributed by atoms with Crippen molar-refractivity contribution in [2.75, 3.05) is 34.8 Å². The number of aromatic hydroxyl groups is 1. The first-order valence-corrected chi connectivity index (χ1v) is 26.0. The van der Waals surface area contributed by atoms with Crippen molar-refractivity contribution >= 4 is 53.2 Å². The zero-order valence-electron chi connectivity index (χ0n) is 45.7. The van der Waals surface area contributed by atoms with Crippen molar-refractivity contribution in [2.45, 2.75) is 162 Å². The maximum atomic E-state index is 14.6. The zero-order chi connectivity index (χ0) is 55.6. The van der Waals surface area contributed by atoms with Crippen molar-refractivity contribution in [3.05, 3.63) is 65.7 Å². The minimum absolute atomic E-state index is 0.00459. The Kier molecular flexibility index (Phi) is 24.5. The Morgan fingerprint density at radius 1 is 0.730 bits per heavy atom. The molecule has 74 heavy (non-hydrogen) atoms. The Morgan fingerprint density at radius 3 is 1.89 bits per heavy atom. The first-order chi connectivity index (χ1) is 34.8. The number of ether oxygens (including phenoxy) is 1. The maximum Gasteiger partial charge on any atom is 0.328 e. The number of benzene rings is 2. The fourth-order valence-corrected chi connectivity index (χ4v) is 9.34. The highest BCUT2D eigenvalue weighted by atomic mass is 16.5. The molecule has 410 valence electrons. The number of hydrogen-bond acceptors (Lipinski definition) is 11. The highest BCUT2D eigenvalue weighted by Crippen LogP contribution is 2.24. The third-order valence-corrected chi connectivity index (χ3v) is 14.0. The van der Waals surface area contributed by atoms with E-state index >= 15 is 0 Å². The fourth-order valence-electron chi connectivity index (χ4n) is 9.34. The minimum Gasteiger partial charge on any atom is -0.508 e. The summed E-state index contributed by atoms with van der Waals surface area (Å²) in [7, 11) is 5.73. The van der Waals surface area contributed by atoms with Gasteiger partial charge in [0.25, 0.3) is 0 Å². The number of amides is 8. The van der Waals surface area contributed by atoms with E-state index < -0.39 is 107 Å².